The highest BCUT2D eigenvalue weighted by atomic mass is 16.3. The van der Waals surface area contributed by atoms with Crippen LogP contribution in [0.25, 0.3) is 0 Å². The molecule has 2 aliphatic rings. The predicted octanol–water partition coefficient (Wildman–Crippen LogP) is 0.635. The van der Waals surface area contributed by atoms with Crippen LogP contribution in [0.2, 0.25) is 0 Å². The summed E-state index contributed by atoms with van der Waals surface area (Å²) in [5, 5.41) is 11.6. The number of rotatable bonds is 1. The lowest BCUT2D eigenvalue weighted by molar-refractivity contribution is -0.143. The SMILES string of the molecule is O=C1CCC2(CN(c3ccc(O)cc3)C2)C(=O)N1. The number of phenolic OH excluding ortho intramolecular Hbond substituents is 1. The molecule has 0 unspecified atom stereocenters. The normalized spacial score (nSPS) is 21.7. The maximum absolute atomic E-state index is 11.8. The summed E-state index contributed by atoms with van der Waals surface area (Å²) >= 11 is 0. The molecule has 2 aliphatic heterocycles. The first kappa shape index (κ1) is 11.1. The zero-order valence-electron chi connectivity index (χ0n) is 9.85. The first-order valence-electron chi connectivity index (χ1n) is 5.97. The Morgan fingerprint density at radius 1 is 1.17 bits per heavy atom. The highest BCUT2D eigenvalue weighted by molar-refractivity contribution is 6.02. The van der Waals surface area contributed by atoms with Crippen molar-refractivity contribution in [3.8, 4) is 5.75 Å². The van der Waals surface area contributed by atoms with Crippen LogP contribution in [0.15, 0.2) is 24.3 Å². The Balaban J connectivity index is 1.71. The number of carbonyl (C=O) groups is 2. The van der Waals surface area contributed by atoms with Gasteiger partial charge in [0.05, 0.1) is 5.41 Å². The van der Waals surface area contributed by atoms with Gasteiger partial charge in [0.15, 0.2) is 0 Å². The molecule has 2 fully saturated rings. The fourth-order valence-corrected chi connectivity index (χ4v) is 2.62. The Morgan fingerprint density at radius 3 is 2.44 bits per heavy atom. The number of piperidine rings is 1. The van der Waals surface area contributed by atoms with Crippen molar-refractivity contribution in [3.05, 3.63) is 24.3 Å². The van der Waals surface area contributed by atoms with Gasteiger partial charge in [-0.3, -0.25) is 14.9 Å². The van der Waals surface area contributed by atoms with Crippen LogP contribution >= 0.6 is 0 Å². The van der Waals surface area contributed by atoms with Crippen LogP contribution in [-0.2, 0) is 9.59 Å². The summed E-state index contributed by atoms with van der Waals surface area (Å²) in [5.41, 5.74) is 0.592. The van der Waals surface area contributed by atoms with Crippen LogP contribution < -0.4 is 10.2 Å². The van der Waals surface area contributed by atoms with Crippen LogP contribution in [0.3, 0.4) is 0 Å². The second-order valence-electron chi connectivity index (χ2n) is 5.03. The lowest BCUT2D eigenvalue weighted by atomic mass is 9.73. The van der Waals surface area contributed by atoms with E-state index in [4.69, 9.17) is 0 Å². The van der Waals surface area contributed by atoms with Crippen LogP contribution in [-0.4, -0.2) is 30.0 Å². The van der Waals surface area contributed by atoms with Gasteiger partial charge in [-0.1, -0.05) is 0 Å². The maximum Gasteiger partial charge on any atom is 0.236 e. The number of benzene rings is 1. The third kappa shape index (κ3) is 1.63. The Morgan fingerprint density at radius 2 is 1.83 bits per heavy atom. The topological polar surface area (TPSA) is 69.6 Å². The third-order valence-electron chi connectivity index (χ3n) is 3.77. The number of aromatic hydroxyl groups is 1. The van der Waals surface area contributed by atoms with E-state index < -0.39 is 5.41 Å². The van der Waals surface area contributed by atoms with Crippen molar-refractivity contribution in [1.29, 1.82) is 0 Å². The monoisotopic (exact) mass is 246 g/mol. The average Bonchev–Trinajstić information content (AvgIpc) is 2.29. The number of nitrogens with zero attached hydrogens (tertiary/aromatic N) is 1. The highest BCUT2D eigenvalue weighted by Crippen LogP contribution is 2.40. The molecule has 0 aliphatic carbocycles. The van der Waals surface area contributed by atoms with Gasteiger partial charge in [0, 0.05) is 25.2 Å². The molecule has 0 bridgehead atoms. The third-order valence-corrected chi connectivity index (χ3v) is 3.77. The molecule has 2 saturated heterocycles. The number of anilines is 1. The standard InChI is InChI=1S/C13H14N2O3/c16-10-3-1-9(2-4-10)15-7-13(8-15)6-5-11(17)14-12(13)18/h1-4,16H,5-8H2,(H,14,17,18). The Bertz CT molecular complexity index is 503. The van der Waals surface area contributed by atoms with Gasteiger partial charge in [0.2, 0.25) is 11.8 Å². The van der Waals surface area contributed by atoms with Crippen molar-refractivity contribution in [2.24, 2.45) is 5.41 Å². The van der Waals surface area contributed by atoms with Gasteiger partial charge in [-0.2, -0.15) is 0 Å². The van der Waals surface area contributed by atoms with E-state index in [1.807, 2.05) is 12.1 Å². The van der Waals surface area contributed by atoms with E-state index in [0.29, 0.717) is 25.9 Å². The van der Waals surface area contributed by atoms with E-state index in [-0.39, 0.29) is 17.6 Å². The molecular weight excluding hydrogens is 232 g/mol. The lowest BCUT2D eigenvalue weighted by Crippen LogP contribution is -2.66. The zero-order chi connectivity index (χ0) is 12.8. The number of carbonyl (C=O) groups excluding carboxylic acids is 2. The van der Waals surface area contributed by atoms with Crippen LogP contribution in [0.5, 0.6) is 5.75 Å². The quantitative estimate of drug-likeness (QED) is 0.713. The predicted molar refractivity (Wildman–Crippen MR) is 65.1 cm³/mol. The minimum atomic E-state index is -0.397. The number of phenols is 1. The minimum Gasteiger partial charge on any atom is -0.508 e. The van der Waals surface area contributed by atoms with Gasteiger partial charge < -0.3 is 10.0 Å². The molecule has 2 heterocycles. The second-order valence-corrected chi connectivity index (χ2v) is 5.03. The first-order valence-corrected chi connectivity index (χ1v) is 5.97. The number of imide groups is 1. The van der Waals surface area contributed by atoms with Crippen molar-refractivity contribution in [2.45, 2.75) is 12.8 Å². The van der Waals surface area contributed by atoms with E-state index in [9.17, 15) is 14.7 Å². The number of nitrogens with one attached hydrogen (secondary N) is 1. The van der Waals surface area contributed by atoms with Crippen molar-refractivity contribution < 1.29 is 14.7 Å². The van der Waals surface area contributed by atoms with Gasteiger partial charge >= 0.3 is 0 Å². The molecule has 1 aromatic carbocycles. The zero-order valence-corrected chi connectivity index (χ0v) is 9.85. The summed E-state index contributed by atoms with van der Waals surface area (Å²) in [6, 6.07) is 6.91. The van der Waals surface area contributed by atoms with Crippen molar-refractivity contribution in [3.63, 3.8) is 0 Å². The lowest BCUT2D eigenvalue weighted by Gasteiger charge is -2.51. The fraction of sp³-hybridized carbons (Fsp3) is 0.385. The van der Waals surface area contributed by atoms with E-state index >= 15 is 0 Å². The first-order chi connectivity index (χ1) is 8.59. The molecule has 94 valence electrons. The number of amides is 2. The summed E-state index contributed by atoms with van der Waals surface area (Å²) in [4.78, 5) is 25.0. The minimum absolute atomic E-state index is 0.145. The summed E-state index contributed by atoms with van der Waals surface area (Å²) in [5.74, 6) is -0.0857. The molecule has 1 spiro atoms. The summed E-state index contributed by atoms with van der Waals surface area (Å²) < 4.78 is 0. The van der Waals surface area contributed by atoms with Gasteiger partial charge in [-0.25, -0.2) is 0 Å². The van der Waals surface area contributed by atoms with E-state index in [1.165, 1.54) is 0 Å². The molecule has 0 radical (unpaired) electrons. The molecule has 2 N–H and O–H groups in total. The van der Waals surface area contributed by atoms with E-state index in [2.05, 4.69) is 10.2 Å². The smallest absolute Gasteiger partial charge is 0.236 e. The number of hydrogen-bond acceptors (Lipinski definition) is 4. The molecule has 5 heteroatoms. The Labute approximate surface area is 104 Å². The largest absolute Gasteiger partial charge is 0.508 e. The van der Waals surface area contributed by atoms with Crippen molar-refractivity contribution in [1.82, 2.24) is 5.32 Å². The van der Waals surface area contributed by atoms with Gasteiger partial charge in [0.25, 0.3) is 0 Å². The van der Waals surface area contributed by atoms with Crippen LogP contribution in [0.1, 0.15) is 12.8 Å². The second kappa shape index (κ2) is 3.73. The maximum atomic E-state index is 11.8. The summed E-state index contributed by atoms with van der Waals surface area (Å²) in [6.45, 7) is 1.27. The molecule has 1 aromatic rings. The molecule has 0 atom stereocenters. The molecule has 18 heavy (non-hydrogen) atoms. The molecular formula is C13H14N2O3. The molecule has 5 nitrogen and oxygen atoms in total. The van der Waals surface area contributed by atoms with E-state index in [1.54, 1.807) is 12.1 Å². The molecule has 0 aromatic heterocycles. The van der Waals surface area contributed by atoms with Gasteiger partial charge in [-0.15, -0.1) is 0 Å². The molecule has 3 rings (SSSR count). The highest BCUT2D eigenvalue weighted by Gasteiger charge is 2.51. The summed E-state index contributed by atoms with van der Waals surface area (Å²) in [7, 11) is 0. The van der Waals surface area contributed by atoms with Crippen LogP contribution in [0.4, 0.5) is 5.69 Å². The Kier molecular flexibility index (Phi) is 2.29. The average molecular weight is 246 g/mol. The van der Waals surface area contributed by atoms with Crippen molar-refractivity contribution in [2.75, 3.05) is 18.0 Å². The van der Waals surface area contributed by atoms with E-state index in [0.717, 1.165) is 5.69 Å². The van der Waals surface area contributed by atoms with Gasteiger partial charge in [0.1, 0.15) is 5.75 Å². The Hall–Kier alpha value is -2.04. The summed E-state index contributed by atoms with van der Waals surface area (Å²) in [6.07, 6.45) is 1.06. The van der Waals surface area contributed by atoms with Crippen LogP contribution in [0, 0.1) is 5.41 Å². The number of hydrogen-bond donors (Lipinski definition) is 2. The fourth-order valence-electron chi connectivity index (χ4n) is 2.62. The van der Waals surface area contributed by atoms with Gasteiger partial charge in [-0.05, 0) is 30.7 Å². The van der Waals surface area contributed by atoms with Crippen molar-refractivity contribution >= 4 is 17.5 Å². The molecule has 2 amide bonds. The molecule has 0 saturated carbocycles.